The van der Waals surface area contributed by atoms with E-state index in [1.165, 1.54) is 33.4 Å². The van der Waals surface area contributed by atoms with Crippen LogP contribution in [0.15, 0.2) is 36.4 Å². The summed E-state index contributed by atoms with van der Waals surface area (Å²) in [6.45, 7) is 9.32. The normalized spacial score (nSPS) is 14.9. The summed E-state index contributed by atoms with van der Waals surface area (Å²) in [6.07, 6.45) is 2.31. The Morgan fingerprint density at radius 1 is 0.720 bits per heavy atom. The first-order valence-corrected chi connectivity index (χ1v) is 10.4. The van der Waals surface area contributed by atoms with Gasteiger partial charge in [-0.3, -0.25) is 0 Å². The molecule has 0 radical (unpaired) electrons. The number of hydrogen-bond donors (Lipinski definition) is 0. The first-order chi connectivity index (χ1) is 11.9. The molecule has 0 spiro atoms. The SMILES string of the molecule is CC(C)CC1(CC(C)C)c2cc(CCl)ccc2-c2ccc(CCl)cc21. The zero-order valence-electron chi connectivity index (χ0n) is 15.7. The van der Waals surface area contributed by atoms with Crippen molar-refractivity contribution in [2.24, 2.45) is 11.8 Å². The molecule has 0 saturated heterocycles. The number of rotatable bonds is 6. The van der Waals surface area contributed by atoms with Gasteiger partial charge in [0.25, 0.3) is 0 Å². The fourth-order valence-corrected chi connectivity index (χ4v) is 5.01. The summed E-state index contributed by atoms with van der Waals surface area (Å²) in [5.74, 6) is 2.38. The minimum atomic E-state index is 0.0666. The third-order valence-electron chi connectivity index (χ3n) is 5.31. The highest BCUT2D eigenvalue weighted by molar-refractivity contribution is 6.17. The van der Waals surface area contributed by atoms with Gasteiger partial charge < -0.3 is 0 Å². The maximum absolute atomic E-state index is 6.17. The summed E-state index contributed by atoms with van der Waals surface area (Å²) in [6, 6.07) is 13.6. The van der Waals surface area contributed by atoms with Gasteiger partial charge in [0, 0.05) is 17.2 Å². The Morgan fingerprint density at radius 3 is 1.44 bits per heavy atom. The lowest BCUT2D eigenvalue weighted by Crippen LogP contribution is -2.29. The average Bonchev–Trinajstić information content (AvgIpc) is 2.82. The smallest absolute Gasteiger partial charge is 0.0474 e. The first-order valence-electron chi connectivity index (χ1n) is 9.30. The van der Waals surface area contributed by atoms with Crippen molar-refractivity contribution in [1.82, 2.24) is 0 Å². The van der Waals surface area contributed by atoms with Gasteiger partial charge in [-0.2, -0.15) is 0 Å². The molecular formula is C23H28Cl2. The van der Waals surface area contributed by atoms with E-state index in [4.69, 9.17) is 23.2 Å². The summed E-state index contributed by atoms with van der Waals surface area (Å²) in [5.41, 5.74) is 8.18. The predicted octanol–water partition coefficient (Wildman–Crippen LogP) is 7.52. The van der Waals surface area contributed by atoms with Gasteiger partial charge in [0.15, 0.2) is 0 Å². The van der Waals surface area contributed by atoms with Gasteiger partial charge in [-0.1, -0.05) is 64.1 Å². The molecule has 0 nitrogen and oxygen atoms in total. The van der Waals surface area contributed by atoms with Crippen LogP contribution in [0.4, 0.5) is 0 Å². The van der Waals surface area contributed by atoms with Crippen molar-refractivity contribution in [3.8, 4) is 11.1 Å². The number of hydrogen-bond acceptors (Lipinski definition) is 0. The van der Waals surface area contributed by atoms with Gasteiger partial charge in [-0.15, -0.1) is 23.2 Å². The Morgan fingerprint density at radius 2 is 1.12 bits per heavy atom. The van der Waals surface area contributed by atoms with Crippen molar-refractivity contribution in [3.63, 3.8) is 0 Å². The zero-order valence-corrected chi connectivity index (χ0v) is 17.2. The molecule has 0 aromatic heterocycles. The minimum absolute atomic E-state index is 0.0666. The molecule has 2 heteroatoms. The molecule has 1 aliphatic rings. The molecule has 0 fully saturated rings. The molecule has 0 heterocycles. The fourth-order valence-electron chi connectivity index (χ4n) is 4.67. The van der Waals surface area contributed by atoms with Crippen molar-refractivity contribution in [3.05, 3.63) is 58.7 Å². The van der Waals surface area contributed by atoms with Gasteiger partial charge in [-0.25, -0.2) is 0 Å². The van der Waals surface area contributed by atoms with Crippen molar-refractivity contribution < 1.29 is 0 Å². The molecule has 134 valence electrons. The Kier molecular flexibility index (Phi) is 5.51. The molecule has 0 N–H and O–H groups in total. The summed E-state index contributed by atoms with van der Waals surface area (Å²) in [4.78, 5) is 0. The lowest BCUT2D eigenvalue weighted by molar-refractivity contribution is 0.337. The lowest BCUT2D eigenvalue weighted by atomic mass is 9.67. The van der Waals surface area contributed by atoms with Crippen LogP contribution in [-0.4, -0.2) is 0 Å². The highest BCUT2D eigenvalue weighted by Gasteiger charge is 2.43. The molecule has 0 saturated carbocycles. The summed E-state index contributed by atoms with van der Waals surface area (Å²) in [7, 11) is 0. The predicted molar refractivity (Wildman–Crippen MR) is 111 cm³/mol. The van der Waals surface area contributed by atoms with Crippen molar-refractivity contribution in [1.29, 1.82) is 0 Å². The average molecular weight is 375 g/mol. The highest BCUT2D eigenvalue weighted by Crippen LogP contribution is 2.55. The molecule has 25 heavy (non-hydrogen) atoms. The van der Waals surface area contributed by atoms with E-state index >= 15 is 0 Å². The van der Waals surface area contributed by atoms with Gasteiger partial charge in [-0.05, 0) is 58.1 Å². The third kappa shape index (κ3) is 3.36. The van der Waals surface area contributed by atoms with Crippen molar-refractivity contribution in [2.45, 2.75) is 57.7 Å². The quantitative estimate of drug-likeness (QED) is 0.458. The van der Waals surface area contributed by atoms with E-state index in [1.54, 1.807) is 0 Å². The van der Waals surface area contributed by atoms with Crippen LogP contribution in [0.5, 0.6) is 0 Å². The van der Waals surface area contributed by atoms with Gasteiger partial charge in [0.05, 0.1) is 0 Å². The van der Waals surface area contributed by atoms with Crippen LogP contribution in [0.2, 0.25) is 0 Å². The Balaban J connectivity index is 2.30. The van der Waals surface area contributed by atoms with Crippen LogP contribution < -0.4 is 0 Å². The molecular weight excluding hydrogens is 347 g/mol. The zero-order chi connectivity index (χ0) is 18.2. The first kappa shape index (κ1) is 18.8. The molecule has 0 atom stereocenters. The Bertz CT molecular complexity index is 693. The second kappa shape index (κ2) is 7.33. The molecule has 0 amide bonds. The van der Waals surface area contributed by atoms with Crippen LogP contribution >= 0.6 is 23.2 Å². The molecule has 1 aliphatic carbocycles. The van der Waals surface area contributed by atoms with E-state index in [-0.39, 0.29) is 5.41 Å². The summed E-state index contributed by atoms with van der Waals surface area (Å²) in [5, 5.41) is 0. The van der Waals surface area contributed by atoms with E-state index in [1.807, 2.05) is 0 Å². The summed E-state index contributed by atoms with van der Waals surface area (Å²) < 4.78 is 0. The maximum Gasteiger partial charge on any atom is 0.0474 e. The molecule has 0 unspecified atom stereocenters. The van der Waals surface area contributed by atoms with Crippen LogP contribution in [0.1, 0.15) is 62.8 Å². The van der Waals surface area contributed by atoms with Gasteiger partial charge >= 0.3 is 0 Å². The van der Waals surface area contributed by atoms with Crippen molar-refractivity contribution >= 4 is 23.2 Å². The van der Waals surface area contributed by atoms with E-state index in [0.717, 1.165) is 12.8 Å². The largest absolute Gasteiger partial charge is 0.122 e. The maximum atomic E-state index is 6.17. The minimum Gasteiger partial charge on any atom is -0.122 e. The standard InChI is InChI=1S/C23H28Cl2/c1-15(2)11-23(12-16(3)4)21-9-17(13-24)5-7-19(21)20-8-6-18(14-25)10-22(20)23/h5-10,15-16H,11-14H2,1-4H3. The van der Waals surface area contributed by atoms with Crippen LogP contribution in [0, 0.1) is 11.8 Å². The van der Waals surface area contributed by atoms with Gasteiger partial charge in [0.1, 0.15) is 0 Å². The third-order valence-corrected chi connectivity index (χ3v) is 5.93. The topological polar surface area (TPSA) is 0 Å². The monoisotopic (exact) mass is 374 g/mol. The Labute approximate surface area is 162 Å². The van der Waals surface area contributed by atoms with E-state index in [2.05, 4.69) is 64.1 Å². The van der Waals surface area contributed by atoms with E-state index < -0.39 is 0 Å². The molecule has 0 aliphatic heterocycles. The van der Waals surface area contributed by atoms with Crippen LogP contribution in [0.3, 0.4) is 0 Å². The van der Waals surface area contributed by atoms with E-state index in [0.29, 0.717) is 23.6 Å². The van der Waals surface area contributed by atoms with E-state index in [9.17, 15) is 0 Å². The van der Waals surface area contributed by atoms with Crippen LogP contribution in [0.25, 0.3) is 11.1 Å². The molecule has 3 rings (SSSR count). The second-order valence-electron chi connectivity index (χ2n) is 8.31. The number of halogens is 2. The number of alkyl halides is 2. The molecule has 2 aromatic carbocycles. The Hall–Kier alpha value is -0.980. The summed E-state index contributed by atoms with van der Waals surface area (Å²) >= 11 is 12.3. The highest BCUT2D eigenvalue weighted by atomic mass is 35.5. The molecule has 2 aromatic rings. The molecule has 0 bridgehead atoms. The second-order valence-corrected chi connectivity index (χ2v) is 8.84. The van der Waals surface area contributed by atoms with Gasteiger partial charge in [0.2, 0.25) is 0 Å². The lowest BCUT2D eigenvalue weighted by Gasteiger charge is -2.36. The number of fused-ring (bicyclic) bond motifs is 3. The number of benzene rings is 2. The van der Waals surface area contributed by atoms with Crippen molar-refractivity contribution in [2.75, 3.05) is 0 Å². The van der Waals surface area contributed by atoms with Crippen LogP contribution in [-0.2, 0) is 17.2 Å². The fraction of sp³-hybridized carbons (Fsp3) is 0.478.